The Hall–Kier alpha value is -3.75. The molecule has 0 bridgehead atoms. The molecule has 36 heavy (non-hydrogen) atoms. The number of ether oxygens (including phenoxy) is 2. The molecule has 1 fully saturated rings. The number of carbonyl (C=O) groups is 3. The van der Waals surface area contributed by atoms with E-state index in [1.165, 1.54) is 7.11 Å². The lowest BCUT2D eigenvalue weighted by atomic mass is 10.1. The summed E-state index contributed by atoms with van der Waals surface area (Å²) in [4.78, 5) is 38.8. The highest BCUT2D eigenvalue weighted by atomic mass is 35.5. The van der Waals surface area contributed by atoms with Crippen molar-refractivity contribution in [1.82, 2.24) is 4.90 Å². The third-order valence-corrected chi connectivity index (χ3v) is 6.52. The first-order valence-electron chi connectivity index (χ1n) is 11.0. The zero-order valence-electron chi connectivity index (χ0n) is 19.6. The minimum atomic E-state index is -0.543. The average Bonchev–Trinajstić information content (AvgIpc) is 3.11. The van der Waals surface area contributed by atoms with Crippen molar-refractivity contribution in [1.29, 1.82) is 0 Å². The maximum absolute atomic E-state index is 12.8. The Balaban J connectivity index is 1.43. The van der Waals surface area contributed by atoms with Crippen molar-refractivity contribution in [3.05, 3.63) is 93.3 Å². The summed E-state index contributed by atoms with van der Waals surface area (Å²) in [7, 11) is 1.53. The fraction of sp³-hybridized carbons (Fsp3) is 0.148. The lowest BCUT2D eigenvalue weighted by Crippen LogP contribution is -2.36. The molecule has 1 N–H and O–H groups in total. The Bertz CT molecular complexity index is 1360. The van der Waals surface area contributed by atoms with E-state index >= 15 is 0 Å². The van der Waals surface area contributed by atoms with Crippen LogP contribution in [0.2, 0.25) is 5.02 Å². The van der Waals surface area contributed by atoms with E-state index in [-0.39, 0.29) is 4.91 Å². The van der Waals surface area contributed by atoms with Gasteiger partial charge in [0.1, 0.15) is 13.2 Å². The van der Waals surface area contributed by atoms with Crippen LogP contribution in [-0.4, -0.2) is 35.6 Å². The Morgan fingerprint density at radius 2 is 1.86 bits per heavy atom. The monoisotopic (exact) mass is 522 g/mol. The number of methoxy groups -OCH3 is 1. The van der Waals surface area contributed by atoms with Crippen LogP contribution in [0, 0.1) is 6.92 Å². The Labute approximate surface area is 218 Å². The molecule has 4 rings (SSSR count). The first-order valence-corrected chi connectivity index (χ1v) is 12.2. The molecule has 7 nitrogen and oxygen atoms in total. The smallest absolute Gasteiger partial charge is 0.294 e. The number of aryl methyl sites for hydroxylation is 1. The summed E-state index contributed by atoms with van der Waals surface area (Å²) >= 11 is 6.83. The lowest BCUT2D eigenvalue weighted by molar-refractivity contribution is -0.127. The van der Waals surface area contributed by atoms with Crippen LogP contribution in [-0.2, 0) is 16.2 Å². The van der Waals surface area contributed by atoms with Gasteiger partial charge in [-0.2, -0.15) is 0 Å². The van der Waals surface area contributed by atoms with Gasteiger partial charge in [-0.3, -0.25) is 19.3 Å². The molecule has 1 aliphatic rings. The zero-order chi connectivity index (χ0) is 25.7. The van der Waals surface area contributed by atoms with Gasteiger partial charge in [0.2, 0.25) is 5.91 Å². The van der Waals surface area contributed by atoms with Gasteiger partial charge in [0, 0.05) is 0 Å². The molecule has 1 saturated heterocycles. The number of amides is 3. The van der Waals surface area contributed by atoms with Crippen molar-refractivity contribution in [3.8, 4) is 11.5 Å². The standard InChI is InChI=1S/C27H23ClN2O5S/c1-17-6-5-7-19(12-17)16-35-22-11-10-18(13-23(22)34-2)14-24-26(32)30(27(33)36-24)15-25(31)29-21-9-4-3-8-20(21)28/h3-14H,15-16H2,1-2H3,(H,29,31)/b24-14+. The van der Waals surface area contributed by atoms with Crippen molar-refractivity contribution in [2.75, 3.05) is 19.0 Å². The predicted octanol–water partition coefficient (Wildman–Crippen LogP) is 5.91. The quantitative estimate of drug-likeness (QED) is 0.370. The van der Waals surface area contributed by atoms with Crippen LogP contribution in [0.25, 0.3) is 6.08 Å². The largest absolute Gasteiger partial charge is 0.493 e. The Morgan fingerprint density at radius 3 is 2.61 bits per heavy atom. The van der Waals surface area contributed by atoms with Gasteiger partial charge >= 0.3 is 0 Å². The summed E-state index contributed by atoms with van der Waals surface area (Å²) in [6.45, 7) is 1.99. The SMILES string of the molecule is COc1cc(/C=C2/SC(=O)N(CC(=O)Nc3ccccc3Cl)C2=O)ccc1OCc1cccc(C)c1. The van der Waals surface area contributed by atoms with Crippen LogP contribution in [0.4, 0.5) is 10.5 Å². The summed E-state index contributed by atoms with van der Waals surface area (Å²) in [5, 5.41) is 2.45. The van der Waals surface area contributed by atoms with Crippen LogP contribution < -0.4 is 14.8 Å². The summed E-state index contributed by atoms with van der Waals surface area (Å²) in [6.07, 6.45) is 1.59. The lowest BCUT2D eigenvalue weighted by Gasteiger charge is -2.13. The molecule has 0 atom stereocenters. The number of carbonyl (C=O) groups excluding carboxylic acids is 3. The molecule has 0 spiro atoms. The fourth-order valence-electron chi connectivity index (χ4n) is 3.54. The molecule has 0 saturated carbocycles. The first kappa shape index (κ1) is 25.3. The van der Waals surface area contributed by atoms with Gasteiger partial charge in [0.05, 0.1) is 22.7 Å². The molecule has 3 amide bonds. The number of hydrogen-bond donors (Lipinski definition) is 1. The highest BCUT2D eigenvalue weighted by Crippen LogP contribution is 2.35. The van der Waals surface area contributed by atoms with Crippen LogP contribution in [0.15, 0.2) is 71.6 Å². The minimum absolute atomic E-state index is 0.209. The maximum Gasteiger partial charge on any atom is 0.294 e. The third-order valence-electron chi connectivity index (χ3n) is 5.29. The average molecular weight is 523 g/mol. The van der Waals surface area contributed by atoms with E-state index in [0.717, 1.165) is 27.8 Å². The molecular weight excluding hydrogens is 500 g/mol. The number of thioether (sulfide) groups is 1. The van der Waals surface area contributed by atoms with Crippen molar-refractivity contribution in [3.63, 3.8) is 0 Å². The zero-order valence-corrected chi connectivity index (χ0v) is 21.2. The molecule has 0 aliphatic carbocycles. The summed E-state index contributed by atoms with van der Waals surface area (Å²) < 4.78 is 11.4. The molecule has 1 heterocycles. The number of anilines is 1. The second kappa shape index (κ2) is 11.3. The number of imide groups is 1. The van der Waals surface area contributed by atoms with Gasteiger partial charge in [-0.25, -0.2) is 0 Å². The highest BCUT2D eigenvalue weighted by molar-refractivity contribution is 8.18. The first-order chi connectivity index (χ1) is 17.3. The normalized spacial score (nSPS) is 14.3. The number of nitrogens with one attached hydrogen (secondary N) is 1. The van der Waals surface area contributed by atoms with E-state index in [0.29, 0.717) is 34.4 Å². The number of rotatable bonds is 8. The van der Waals surface area contributed by atoms with Crippen LogP contribution in [0.1, 0.15) is 16.7 Å². The maximum atomic E-state index is 12.8. The van der Waals surface area contributed by atoms with Gasteiger partial charge in [0.15, 0.2) is 11.5 Å². The van der Waals surface area contributed by atoms with Gasteiger partial charge in [-0.05, 0) is 60.2 Å². The molecule has 0 unspecified atom stereocenters. The Morgan fingerprint density at radius 1 is 1.06 bits per heavy atom. The van der Waals surface area contributed by atoms with Crippen molar-refractivity contribution in [2.24, 2.45) is 0 Å². The number of nitrogens with zero attached hydrogens (tertiary/aromatic N) is 1. The van der Waals surface area contributed by atoms with Crippen LogP contribution in [0.3, 0.4) is 0 Å². The second-order valence-corrected chi connectivity index (χ2v) is 9.38. The molecule has 9 heteroatoms. The molecule has 0 aromatic heterocycles. The van der Waals surface area contributed by atoms with Gasteiger partial charge in [-0.15, -0.1) is 0 Å². The molecule has 0 radical (unpaired) electrons. The van der Waals surface area contributed by atoms with Gasteiger partial charge in [-0.1, -0.05) is 59.6 Å². The van der Waals surface area contributed by atoms with Crippen molar-refractivity contribution >= 4 is 52.2 Å². The molecule has 184 valence electrons. The summed E-state index contributed by atoms with van der Waals surface area (Å²) in [5.74, 6) is -0.0169. The fourth-order valence-corrected chi connectivity index (χ4v) is 4.56. The van der Waals surface area contributed by atoms with E-state index < -0.39 is 23.6 Å². The number of benzene rings is 3. The van der Waals surface area contributed by atoms with E-state index in [9.17, 15) is 14.4 Å². The van der Waals surface area contributed by atoms with E-state index in [4.69, 9.17) is 21.1 Å². The Kier molecular flexibility index (Phi) is 7.97. The van der Waals surface area contributed by atoms with Crippen molar-refractivity contribution < 1.29 is 23.9 Å². The number of hydrogen-bond acceptors (Lipinski definition) is 6. The van der Waals surface area contributed by atoms with Crippen molar-refractivity contribution in [2.45, 2.75) is 13.5 Å². The summed E-state index contributed by atoms with van der Waals surface area (Å²) in [5.41, 5.74) is 3.24. The number of halogens is 1. The predicted molar refractivity (Wildman–Crippen MR) is 141 cm³/mol. The van der Waals surface area contributed by atoms with Gasteiger partial charge in [0.25, 0.3) is 11.1 Å². The second-order valence-electron chi connectivity index (χ2n) is 7.98. The minimum Gasteiger partial charge on any atom is -0.493 e. The third kappa shape index (κ3) is 6.08. The molecule has 1 aliphatic heterocycles. The molecule has 3 aromatic rings. The van der Waals surface area contributed by atoms with E-state index in [1.807, 2.05) is 31.2 Å². The summed E-state index contributed by atoms with van der Waals surface area (Å²) in [6, 6.07) is 20.0. The van der Waals surface area contributed by atoms with E-state index in [2.05, 4.69) is 5.32 Å². The highest BCUT2D eigenvalue weighted by Gasteiger charge is 2.36. The van der Waals surface area contributed by atoms with Crippen LogP contribution in [0.5, 0.6) is 11.5 Å². The van der Waals surface area contributed by atoms with Crippen LogP contribution >= 0.6 is 23.4 Å². The van der Waals surface area contributed by atoms with E-state index in [1.54, 1.807) is 48.5 Å². The topological polar surface area (TPSA) is 84.9 Å². The molecular formula is C27H23ClN2O5S. The van der Waals surface area contributed by atoms with Gasteiger partial charge < -0.3 is 14.8 Å². The molecule has 3 aromatic carbocycles. The number of para-hydroxylation sites is 1.